The summed E-state index contributed by atoms with van der Waals surface area (Å²) in [5, 5.41) is 15.0. The molecule has 0 spiro atoms. The van der Waals surface area contributed by atoms with Crippen molar-refractivity contribution in [2.75, 3.05) is 64.2 Å². The molecule has 1 saturated heterocycles. The topological polar surface area (TPSA) is 109 Å². The lowest BCUT2D eigenvalue weighted by atomic mass is 10.2. The number of likely N-dealkylation sites (tertiary alicyclic amines) is 1. The Hall–Kier alpha value is -3.11. The van der Waals surface area contributed by atoms with Crippen LogP contribution in [-0.2, 0) is 4.74 Å². The quantitative estimate of drug-likeness (QED) is 0.313. The summed E-state index contributed by atoms with van der Waals surface area (Å²) in [4.78, 5) is 11.9. The van der Waals surface area contributed by atoms with Gasteiger partial charge in [-0.25, -0.2) is 4.98 Å². The number of methoxy groups -OCH3 is 2. The highest BCUT2D eigenvalue weighted by Crippen LogP contribution is 2.40. The Kier molecular flexibility index (Phi) is 7.48. The van der Waals surface area contributed by atoms with Gasteiger partial charge in [0.05, 0.1) is 25.8 Å². The maximum atomic E-state index is 6.14. The number of hydrogen-bond donors (Lipinski definition) is 3. The van der Waals surface area contributed by atoms with Crippen molar-refractivity contribution in [1.29, 1.82) is 0 Å². The fourth-order valence-corrected chi connectivity index (χ4v) is 4.45. The molecule has 3 aromatic rings. The third-order valence-corrected chi connectivity index (χ3v) is 6.51. The van der Waals surface area contributed by atoms with E-state index in [1.54, 1.807) is 14.2 Å². The zero-order valence-corrected chi connectivity index (χ0v) is 20.6. The number of ether oxygens (including phenoxy) is 3. The monoisotopic (exact) mass is 481 g/mol. The summed E-state index contributed by atoms with van der Waals surface area (Å²) in [6.07, 6.45) is 6.00. The van der Waals surface area contributed by atoms with Gasteiger partial charge in [0.25, 0.3) is 0 Å². The van der Waals surface area contributed by atoms with E-state index in [2.05, 4.69) is 31.8 Å². The number of hydrogen-bond acceptors (Lipinski definition) is 9. The molecule has 2 aromatic heterocycles. The molecule has 188 valence electrons. The van der Waals surface area contributed by atoms with Gasteiger partial charge in [0, 0.05) is 49.3 Å². The Morgan fingerprint density at radius 2 is 1.91 bits per heavy atom. The second-order valence-electron chi connectivity index (χ2n) is 9.19. The normalized spacial score (nSPS) is 16.1. The second-order valence-corrected chi connectivity index (χ2v) is 9.19. The molecule has 1 aromatic carbocycles. The molecule has 0 radical (unpaired) electrons. The van der Waals surface area contributed by atoms with E-state index in [0.29, 0.717) is 48.9 Å². The Morgan fingerprint density at radius 3 is 2.69 bits per heavy atom. The van der Waals surface area contributed by atoms with Crippen molar-refractivity contribution in [1.82, 2.24) is 25.1 Å². The Labute approximate surface area is 205 Å². The van der Waals surface area contributed by atoms with Gasteiger partial charge in [-0.15, -0.1) is 0 Å². The number of anilines is 3. The van der Waals surface area contributed by atoms with Gasteiger partial charge in [0.2, 0.25) is 5.95 Å². The molecular weight excluding hydrogens is 446 g/mol. The lowest BCUT2D eigenvalue weighted by Gasteiger charge is -2.16. The molecule has 0 atom stereocenters. The average molecular weight is 482 g/mol. The van der Waals surface area contributed by atoms with Gasteiger partial charge in [-0.3, -0.25) is 5.10 Å². The predicted molar refractivity (Wildman–Crippen MR) is 136 cm³/mol. The van der Waals surface area contributed by atoms with E-state index >= 15 is 0 Å². The van der Waals surface area contributed by atoms with Crippen LogP contribution in [0.1, 0.15) is 43.7 Å². The largest absolute Gasteiger partial charge is 0.493 e. The number of rotatable bonds is 13. The molecule has 1 aliphatic carbocycles. The van der Waals surface area contributed by atoms with Crippen molar-refractivity contribution >= 4 is 28.5 Å². The summed E-state index contributed by atoms with van der Waals surface area (Å²) in [5.74, 6) is 3.84. The van der Waals surface area contributed by atoms with E-state index in [1.165, 1.54) is 38.8 Å². The summed E-state index contributed by atoms with van der Waals surface area (Å²) in [7, 11) is 3.33. The number of nitrogens with zero attached hydrogens (tertiary/aromatic N) is 4. The number of benzene rings is 1. The highest BCUT2D eigenvalue weighted by molar-refractivity contribution is 5.94. The first-order chi connectivity index (χ1) is 17.2. The van der Waals surface area contributed by atoms with Crippen molar-refractivity contribution in [3.63, 3.8) is 0 Å². The molecule has 0 amide bonds. The molecule has 3 heterocycles. The van der Waals surface area contributed by atoms with E-state index in [9.17, 15) is 0 Å². The maximum absolute atomic E-state index is 6.14. The van der Waals surface area contributed by atoms with Gasteiger partial charge in [-0.1, -0.05) is 0 Å². The van der Waals surface area contributed by atoms with Crippen molar-refractivity contribution in [2.24, 2.45) is 0 Å². The third kappa shape index (κ3) is 5.94. The molecule has 35 heavy (non-hydrogen) atoms. The predicted octanol–water partition coefficient (Wildman–Crippen LogP) is 3.91. The first-order valence-electron chi connectivity index (χ1n) is 12.5. The fourth-order valence-electron chi connectivity index (χ4n) is 4.45. The Balaban J connectivity index is 1.38. The molecule has 1 aliphatic heterocycles. The minimum absolute atomic E-state index is 0.514. The minimum atomic E-state index is 0.514. The van der Waals surface area contributed by atoms with Gasteiger partial charge >= 0.3 is 0 Å². The average Bonchev–Trinajstić information content (AvgIpc) is 3.38. The zero-order valence-electron chi connectivity index (χ0n) is 20.6. The van der Waals surface area contributed by atoms with Crippen LogP contribution in [-0.4, -0.2) is 78.7 Å². The van der Waals surface area contributed by atoms with Crippen molar-refractivity contribution in [3.8, 4) is 11.5 Å². The maximum Gasteiger partial charge on any atom is 0.225 e. The summed E-state index contributed by atoms with van der Waals surface area (Å²) < 4.78 is 17.0. The van der Waals surface area contributed by atoms with E-state index in [0.717, 1.165) is 35.4 Å². The van der Waals surface area contributed by atoms with Crippen LogP contribution in [0.3, 0.4) is 0 Å². The first-order valence-corrected chi connectivity index (χ1v) is 12.5. The van der Waals surface area contributed by atoms with E-state index in [-0.39, 0.29) is 0 Å². The van der Waals surface area contributed by atoms with E-state index in [4.69, 9.17) is 24.2 Å². The highest BCUT2D eigenvalue weighted by atomic mass is 16.5. The number of fused-ring (bicyclic) bond motifs is 1. The van der Waals surface area contributed by atoms with E-state index < -0.39 is 0 Å². The number of aromatic nitrogens is 4. The molecule has 5 rings (SSSR count). The van der Waals surface area contributed by atoms with Crippen LogP contribution >= 0.6 is 0 Å². The minimum Gasteiger partial charge on any atom is -0.493 e. The van der Waals surface area contributed by atoms with E-state index in [1.807, 2.05) is 12.1 Å². The van der Waals surface area contributed by atoms with Gasteiger partial charge in [0.1, 0.15) is 5.82 Å². The molecule has 0 unspecified atom stereocenters. The summed E-state index contributed by atoms with van der Waals surface area (Å²) in [5.41, 5.74) is 1.92. The van der Waals surface area contributed by atoms with Crippen molar-refractivity contribution in [2.45, 2.75) is 38.0 Å². The van der Waals surface area contributed by atoms with Crippen LogP contribution in [0.5, 0.6) is 11.5 Å². The third-order valence-electron chi connectivity index (χ3n) is 6.51. The lowest BCUT2D eigenvalue weighted by molar-refractivity contribution is 0.210. The smallest absolute Gasteiger partial charge is 0.225 e. The van der Waals surface area contributed by atoms with Crippen LogP contribution in [0.15, 0.2) is 18.2 Å². The van der Waals surface area contributed by atoms with Gasteiger partial charge < -0.3 is 29.7 Å². The summed E-state index contributed by atoms with van der Waals surface area (Å²) >= 11 is 0. The zero-order chi connectivity index (χ0) is 24.0. The number of aromatic amines is 1. The van der Waals surface area contributed by atoms with Crippen LogP contribution in [0.4, 0.5) is 17.6 Å². The number of nitrogens with one attached hydrogen (secondary N) is 3. The molecule has 2 aliphatic rings. The lowest BCUT2D eigenvalue weighted by Crippen LogP contribution is -2.21. The molecule has 0 bridgehead atoms. The summed E-state index contributed by atoms with van der Waals surface area (Å²) in [6, 6.07) is 5.91. The summed E-state index contributed by atoms with van der Waals surface area (Å²) in [6.45, 7) is 5.25. The molecule has 2 fully saturated rings. The molecule has 3 N–H and O–H groups in total. The van der Waals surface area contributed by atoms with Crippen LogP contribution in [0, 0.1) is 0 Å². The van der Waals surface area contributed by atoms with Crippen LogP contribution in [0.25, 0.3) is 10.9 Å². The molecule has 10 heteroatoms. The second kappa shape index (κ2) is 11.1. The molecule has 1 saturated carbocycles. The Bertz CT molecular complexity index is 1130. The molecular formula is C25H35N7O3. The van der Waals surface area contributed by atoms with Crippen LogP contribution < -0.4 is 20.1 Å². The van der Waals surface area contributed by atoms with Crippen molar-refractivity contribution < 1.29 is 14.2 Å². The van der Waals surface area contributed by atoms with Gasteiger partial charge in [-0.05, 0) is 51.3 Å². The SMILES string of the molecule is COCCNc1nc(Nc2cc(C3CC3)[nH]n2)c2cc(OC)c(OCCCN3CCCC3)cc2n1. The van der Waals surface area contributed by atoms with Gasteiger partial charge in [-0.2, -0.15) is 10.1 Å². The Morgan fingerprint density at radius 1 is 1.06 bits per heavy atom. The highest BCUT2D eigenvalue weighted by Gasteiger charge is 2.25. The van der Waals surface area contributed by atoms with Crippen molar-refractivity contribution in [3.05, 3.63) is 23.9 Å². The molecule has 10 nitrogen and oxygen atoms in total. The first kappa shape index (κ1) is 23.6. The standard InChI is InChI=1S/C25H35N7O3/c1-33-13-8-26-25-27-20-15-22(35-12-5-11-32-9-3-4-10-32)21(34-2)14-18(20)24(29-25)28-23-16-19(30-31-23)17-6-7-17/h14-17H,3-13H2,1-2H3,(H3,26,27,28,29,30,31). The number of H-pyrrole nitrogens is 1. The fraction of sp³-hybridized carbons (Fsp3) is 0.560. The van der Waals surface area contributed by atoms with Gasteiger partial charge in [0.15, 0.2) is 17.3 Å². The van der Waals surface area contributed by atoms with Crippen LogP contribution in [0.2, 0.25) is 0 Å².